The number of para-hydroxylation sites is 2. The lowest BCUT2D eigenvalue weighted by Crippen LogP contribution is -2.40. The van der Waals surface area contributed by atoms with Crippen molar-refractivity contribution < 1.29 is 9.53 Å². The van der Waals surface area contributed by atoms with Gasteiger partial charge in [0.05, 0.1) is 0 Å². The van der Waals surface area contributed by atoms with Gasteiger partial charge in [0.2, 0.25) is 0 Å². The fourth-order valence-electron chi connectivity index (χ4n) is 4.12. The lowest BCUT2D eigenvalue weighted by atomic mass is 9.89. The number of hydrogen-bond acceptors (Lipinski definition) is 2. The van der Waals surface area contributed by atoms with Gasteiger partial charge in [-0.15, -0.1) is 0 Å². The van der Waals surface area contributed by atoms with Gasteiger partial charge in [0.1, 0.15) is 5.75 Å². The molecule has 1 amide bonds. The van der Waals surface area contributed by atoms with Crippen molar-refractivity contribution in [2.45, 2.75) is 32.6 Å². The maximum Gasteiger partial charge on any atom is 0.260 e. The van der Waals surface area contributed by atoms with Gasteiger partial charge < -0.3 is 14.6 Å². The molecule has 0 spiro atoms. The topological polar surface area (TPSA) is 45.3 Å². The van der Waals surface area contributed by atoms with Gasteiger partial charge in [-0.05, 0) is 55.4 Å². The number of nitrogens with one attached hydrogen (secondary N) is 1. The van der Waals surface area contributed by atoms with E-state index in [1.54, 1.807) is 0 Å². The van der Waals surface area contributed by atoms with Crippen LogP contribution in [0.3, 0.4) is 0 Å². The number of aromatic amines is 1. The maximum absolute atomic E-state index is 12.6. The molecule has 2 aromatic carbocycles. The molecule has 0 saturated carbocycles. The van der Waals surface area contributed by atoms with Crippen molar-refractivity contribution in [2.75, 3.05) is 19.7 Å². The van der Waals surface area contributed by atoms with Crippen molar-refractivity contribution in [3.63, 3.8) is 0 Å². The van der Waals surface area contributed by atoms with E-state index in [2.05, 4.69) is 35.4 Å². The van der Waals surface area contributed by atoms with Gasteiger partial charge in [0.25, 0.3) is 5.91 Å². The monoisotopic (exact) mass is 362 g/mol. The smallest absolute Gasteiger partial charge is 0.260 e. The van der Waals surface area contributed by atoms with E-state index in [0.717, 1.165) is 42.8 Å². The average Bonchev–Trinajstić information content (AvgIpc) is 3.12. The van der Waals surface area contributed by atoms with Crippen molar-refractivity contribution in [1.29, 1.82) is 0 Å². The molecule has 4 nitrogen and oxygen atoms in total. The Morgan fingerprint density at radius 1 is 1.07 bits per heavy atom. The van der Waals surface area contributed by atoms with Crippen LogP contribution >= 0.6 is 0 Å². The maximum atomic E-state index is 12.6. The lowest BCUT2D eigenvalue weighted by molar-refractivity contribution is -0.134. The minimum Gasteiger partial charge on any atom is -0.483 e. The summed E-state index contributed by atoms with van der Waals surface area (Å²) in [4.78, 5) is 17.9. The summed E-state index contributed by atoms with van der Waals surface area (Å²) in [6.07, 6.45) is 4.13. The van der Waals surface area contributed by atoms with E-state index in [1.807, 2.05) is 36.9 Å². The van der Waals surface area contributed by atoms with E-state index < -0.39 is 0 Å². The van der Waals surface area contributed by atoms with Crippen LogP contribution in [0.15, 0.2) is 48.7 Å². The minimum absolute atomic E-state index is 0.0787. The van der Waals surface area contributed by atoms with Crippen LogP contribution in [-0.4, -0.2) is 35.5 Å². The van der Waals surface area contributed by atoms with Gasteiger partial charge in [0, 0.05) is 30.2 Å². The van der Waals surface area contributed by atoms with Crippen LogP contribution in [0.4, 0.5) is 0 Å². The van der Waals surface area contributed by atoms with Crippen molar-refractivity contribution in [3.05, 3.63) is 65.4 Å². The number of aromatic nitrogens is 1. The first-order valence-corrected chi connectivity index (χ1v) is 9.66. The van der Waals surface area contributed by atoms with Gasteiger partial charge in [-0.3, -0.25) is 4.79 Å². The molecule has 1 N–H and O–H groups in total. The molecule has 1 aliphatic rings. The molecule has 1 fully saturated rings. The molecule has 0 aliphatic carbocycles. The zero-order valence-electron chi connectivity index (χ0n) is 16.0. The Morgan fingerprint density at radius 3 is 2.52 bits per heavy atom. The molecule has 0 radical (unpaired) electrons. The van der Waals surface area contributed by atoms with E-state index in [4.69, 9.17) is 4.74 Å². The van der Waals surface area contributed by atoms with Crippen molar-refractivity contribution in [2.24, 2.45) is 0 Å². The molecular weight excluding hydrogens is 336 g/mol. The number of ether oxygens (including phenoxy) is 1. The van der Waals surface area contributed by atoms with E-state index >= 15 is 0 Å². The van der Waals surface area contributed by atoms with Crippen LogP contribution in [0.5, 0.6) is 5.75 Å². The molecule has 1 aliphatic heterocycles. The van der Waals surface area contributed by atoms with E-state index in [1.165, 1.54) is 16.5 Å². The quantitative estimate of drug-likeness (QED) is 0.739. The summed E-state index contributed by atoms with van der Waals surface area (Å²) in [6.45, 7) is 5.72. The molecule has 4 rings (SSSR count). The van der Waals surface area contributed by atoms with Gasteiger partial charge in [-0.25, -0.2) is 0 Å². The Bertz CT molecular complexity index is 932. The Balaban J connectivity index is 1.35. The molecule has 3 aromatic rings. The number of likely N-dealkylation sites (tertiary alicyclic amines) is 1. The molecule has 1 aromatic heterocycles. The highest BCUT2D eigenvalue weighted by Gasteiger charge is 2.25. The molecule has 0 atom stereocenters. The molecule has 27 heavy (non-hydrogen) atoms. The number of benzene rings is 2. The molecule has 140 valence electrons. The summed E-state index contributed by atoms with van der Waals surface area (Å²) in [5, 5.41) is 1.31. The van der Waals surface area contributed by atoms with Crippen LogP contribution in [-0.2, 0) is 4.79 Å². The van der Waals surface area contributed by atoms with Crippen LogP contribution in [0, 0.1) is 13.8 Å². The Hall–Kier alpha value is -2.75. The number of H-pyrrole nitrogens is 1. The van der Waals surface area contributed by atoms with Gasteiger partial charge in [-0.2, -0.15) is 0 Å². The summed E-state index contributed by atoms with van der Waals surface area (Å²) >= 11 is 0. The predicted molar refractivity (Wildman–Crippen MR) is 108 cm³/mol. The summed E-state index contributed by atoms with van der Waals surface area (Å²) in [5.41, 5.74) is 4.71. The highest BCUT2D eigenvalue weighted by molar-refractivity contribution is 5.83. The number of piperidine rings is 1. The number of fused-ring (bicyclic) bond motifs is 1. The number of hydrogen-bond donors (Lipinski definition) is 1. The van der Waals surface area contributed by atoms with Crippen molar-refractivity contribution >= 4 is 16.8 Å². The second-order valence-electron chi connectivity index (χ2n) is 7.45. The average molecular weight is 362 g/mol. The zero-order valence-corrected chi connectivity index (χ0v) is 16.0. The second-order valence-corrected chi connectivity index (χ2v) is 7.45. The van der Waals surface area contributed by atoms with Gasteiger partial charge in [0.15, 0.2) is 6.61 Å². The minimum atomic E-state index is 0.0787. The molecule has 0 unspecified atom stereocenters. The second kappa shape index (κ2) is 7.47. The normalized spacial score (nSPS) is 15.3. The third-order valence-electron chi connectivity index (χ3n) is 5.66. The van der Waals surface area contributed by atoms with E-state index in [-0.39, 0.29) is 12.5 Å². The highest BCUT2D eigenvalue weighted by atomic mass is 16.5. The highest BCUT2D eigenvalue weighted by Crippen LogP contribution is 2.33. The molecular formula is C23H26N2O2. The fraction of sp³-hybridized carbons (Fsp3) is 0.348. The Kier molecular flexibility index (Phi) is 4.88. The Morgan fingerprint density at radius 2 is 1.78 bits per heavy atom. The summed E-state index contributed by atoms with van der Waals surface area (Å²) in [7, 11) is 0. The lowest BCUT2D eigenvalue weighted by Gasteiger charge is -2.32. The number of rotatable bonds is 4. The van der Waals surface area contributed by atoms with Crippen LogP contribution < -0.4 is 4.74 Å². The first-order chi connectivity index (χ1) is 13.1. The molecule has 1 saturated heterocycles. The van der Waals surface area contributed by atoms with Gasteiger partial charge in [-0.1, -0.05) is 36.4 Å². The first kappa shape index (κ1) is 17.7. The number of nitrogens with zero attached hydrogens (tertiary/aromatic N) is 1. The molecule has 0 bridgehead atoms. The summed E-state index contributed by atoms with van der Waals surface area (Å²) in [5.74, 6) is 1.42. The summed E-state index contributed by atoms with van der Waals surface area (Å²) in [6, 6.07) is 14.5. The number of carbonyl (C=O) groups is 1. The van der Waals surface area contributed by atoms with Crippen molar-refractivity contribution in [1.82, 2.24) is 9.88 Å². The van der Waals surface area contributed by atoms with Gasteiger partial charge >= 0.3 is 0 Å². The fourth-order valence-corrected chi connectivity index (χ4v) is 4.12. The third-order valence-corrected chi connectivity index (χ3v) is 5.66. The van der Waals surface area contributed by atoms with Crippen LogP contribution in [0.25, 0.3) is 10.9 Å². The third kappa shape index (κ3) is 3.57. The molecule has 2 heterocycles. The zero-order chi connectivity index (χ0) is 18.8. The van der Waals surface area contributed by atoms with Crippen LogP contribution in [0.2, 0.25) is 0 Å². The largest absolute Gasteiger partial charge is 0.483 e. The number of aryl methyl sites for hydroxylation is 2. The molecule has 4 heteroatoms. The SMILES string of the molecule is Cc1cccc(C)c1OCC(=O)N1CCC(c2c[nH]c3ccccc23)CC1. The first-order valence-electron chi connectivity index (χ1n) is 9.66. The Labute approximate surface area is 160 Å². The summed E-state index contributed by atoms with van der Waals surface area (Å²) < 4.78 is 5.84. The van der Waals surface area contributed by atoms with Crippen molar-refractivity contribution in [3.8, 4) is 5.75 Å². The van der Waals surface area contributed by atoms with E-state index in [0.29, 0.717) is 5.92 Å². The van der Waals surface area contributed by atoms with Crippen LogP contribution in [0.1, 0.15) is 35.4 Å². The van der Waals surface area contributed by atoms with E-state index in [9.17, 15) is 4.79 Å². The number of carbonyl (C=O) groups excluding carboxylic acids is 1. The standard InChI is InChI=1S/C23H26N2O2/c1-16-6-5-7-17(2)23(16)27-15-22(26)25-12-10-18(11-13-25)20-14-24-21-9-4-3-8-19(20)21/h3-9,14,18,24H,10-13,15H2,1-2H3. The number of amides is 1. The predicted octanol–water partition coefficient (Wildman–Crippen LogP) is 4.57.